The monoisotopic (exact) mass is 554 g/mol. The highest BCUT2D eigenvalue weighted by Crippen LogP contribution is 2.27. The minimum absolute atomic E-state index is 0.0423. The molecule has 0 spiro atoms. The lowest BCUT2D eigenvalue weighted by Crippen LogP contribution is -2.37. The quantitative estimate of drug-likeness (QED) is 0.217. The van der Waals surface area contributed by atoms with Crippen LogP contribution >= 0.6 is 0 Å². The molecule has 0 unspecified atom stereocenters. The molecular formula is C29H42N6O5. The average Bonchev–Trinajstić information content (AvgIpc) is 3.32. The molecule has 0 radical (unpaired) electrons. The van der Waals surface area contributed by atoms with Gasteiger partial charge in [-0.3, -0.25) is 9.36 Å². The number of carbonyl (C=O) groups is 1. The molecule has 11 nitrogen and oxygen atoms in total. The molecule has 3 aromatic rings. The van der Waals surface area contributed by atoms with Crippen molar-refractivity contribution >= 4 is 23.0 Å². The van der Waals surface area contributed by atoms with Crippen LogP contribution in [0.1, 0.15) is 57.9 Å². The van der Waals surface area contributed by atoms with Crippen LogP contribution in [-0.4, -0.2) is 77.0 Å². The molecule has 1 fully saturated rings. The van der Waals surface area contributed by atoms with Gasteiger partial charge in [-0.1, -0.05) is 25.5 Å². The number of nitrogens with two attached hydrogens (primary N) is 1. The molecule has 1 aromatic carbocycles. The number of benzene rings is 1. The third kappa shape index (κ3) is 7.74. The second-order valence-electron chi connectivity index (χ2n) is 10.0. The molecule has 0 amide bonds. The summed E-state index contributed by atoms with van der Waals surface area (Å²) in [6, 6.07) is 8.65. The van der Waals surface area contributed by atoms with Gasteiger partial charge in [0.2, 0.25) is 0 Å². The Balaban J connectivity index is 1.25. The minimum Gasteiger partial charge on any atom is -0.494 e. The van der Waals surface area contributed by atoms with Crippen LogP contribution in [0, 0.1) is 5.92 Å². The minimum atomic E-state index is -0.0423. The topological polar surface area (TPSA) is 127 Å². The summed E-state index contributed by atoms with van der Waals surface area (Å²) in [6.45, 7) is 9.04. The SMILES string of the molecule is CCCCOc1nc(N)c2nc(OC)n(Cc3ccc(OCCCCN4CCC(C(=O)OCC)CC4)cc3)c2n1. The first kappa shape index (κ1) is 29.4. The number of aromatic nitrogens is 4. The fraction of sp³-hybridized carbons (Fsp3) is 0.586. The molecule has 1 aliphatic heterocycles. The second-order valence-corrected chi connectivity index (χ2v) is 10.0. The number of unbranched alkanes of at least 4 members (excludes halogenated alkanes) is 2. The number of nitrogens with zero attached hydrogens (tertiary/aromatic N) is 5. The van der Waals surface area contributed by atoms with E-state index in [1.54, 1.807) is 7.11 Å². The van der Waals surface area contributed by atoms with Crippen molar-refractivity contribution in [3.8, 4) is 17.8 Å². The maximum absolute atomic E-state index is 11.9. The Morgan fingerprint density at radius 3 is 2.45 bits per heavy atom. The first-order valence-electron chi connectivity index (χ1n) is 14.3. The number of fused-ring (bicyclic) bond motifs is 1. The Bertz CT molecular complexity index is 1220. The summed E-state index contributed by atoms with van der Waals surface area (Å²) >= 11 is 0. The second kappa shape index (κ2) is 14.7. The van der Waals surface area contributed by atoms with Crippen molar-refractivity contribution in [2.75, 3.05) is 52.3 Å². The van der Waals surface area contributed by atoms with Crippen LogP contribution in [0.15, 0.2) is 24.3 Å². The summed E-state index contributed by atoms with van der Waals surface area (Å²) in [4.78, 5) is 27.6. The van der Waals surface area contributed by atoms with E-state index in [9.17, 15) is 4.79 Å². The van der Waals surface area contributed by atoms with Crippen LogP contribution < -0.4 is 19.9 Å². The van der Waals surface area contributed by atoms with E-state index in [2.05, 4.69) is 26.8 Å². The number of hydrogen-bond donors (Lipinski definition) is 1. The molecule has 0 aliphatic carbocycles. The summed E-state index contributed by atoms with van der Waals surface area (Å²) in [6.07, 6.45) is 5.73. The molecule has 40 heavy (non-hydrogen) atoms. The molecule has 0 bridgehead atoms. The summed E-state index contributed by atoms with van der Waals surface area (Å²) < 4.78 is 24.2. The van der Waals surface area contributed by atoms with Crippen LogP contribution in [0.3, 0.4) is 0 Å². The Kier molecular flexibility index (Phi) is 10.8. The number of nitrogen functional groups attached to an aromatic ring is 1. The van der Waals surface area contributed by atoms with Crippen LogP contribution in [0.4, 0.5) is 5.82 Å². The van der Waals surface area contributed by atoms with E-state index in [-0.39, 0.29) is 23.7 Å². The van der Waals surface area contributed by atoms with E-state index >= 15 is 0 Å². The summed E-state index contributed by atoms with van der Waals surface area (Å²) in [7, 11) is 1.57. The maximum atomic E-state index is 11.9. The van der Waals surface area contributed by atoms with E-state index in [4.69, 9.17) is 24.7 Å². The Labute approximate surface area is 236 Å². The molecule has 0 atom stereocenters. The van der Waals surface area contributed by atoms with Crippen molar-refractivity contribution in [2.45, 2.75) is 58.9 Å². The summed E-state index contributed by atoms with van der Waals surface area (Å²) in [5.74, 6) is 1.11. The van der Waals surface area contributed by atoms with Crippen molar-refractivity contribution in [3.63, 3.8) is 0 Å². The molecule has 3 heterocycles. The number of anilines is 1. The smallest absolute Gasteiger partial charge is 0.320 e. The number of likely N-dealkylation sites (tertiary alicyclic amines) is 1. The molecule has 11 heteroatoms. The standard InChI is InChI=1S/C29H42N6O5/c1-4-6-18-40-28-32-25(30)24-26(33-28)35(29(31-24)37-3)20-21-9-11-23(12-10-21)39-19-8-7-15-34-16-13-22(14-17-34)27(36)38-5-2/h9-12,22H,4-8,13-20H2,1-3H3,(H2,30,32,33). The highest BCUT2D eigenvalue weighted by Gasteiger charge is 2.25. The van der Waals surface area contributed by atoms with Crippen LogP contribution in [0.2, 0.25) is 0 Å². The maximum Gasteiger partial charge on any atom is 0.320 e. The Hall–Kier alpha value is -3.60. The molecule has 0 saturated carbocycles. The highest BCUT2D eigenvalue weighted by atomic mass is 16.5. The largest absolute Gasteiger partial charge is 0.494 e. The molecule has 2 N–H and O–H groups in total. The van der Waals surface area contributed by atoms with Gasteiger partial charge in [0.15, 0.2) is 17.0 Å². The Morgan fingerprint density at radius 1 is 1.00 bits per heavy atom. The first-order chi connectivity index (χ1) is 19.5. The number of methoxy groups -OCH3 is 1. The lowest BCUT2D eigenvalue weighted by Gasteiger charge is -2.30. The van der Waals surface area contributed by atoms with Gasteiger partial charge >= 0.3 is 12.0 Å². The number of ether oxygens (including phenoxy) is 4. The van der Waals surface area contributed by atoms with Crippen molar-refractivity contribution in [1.82, 2.24) is 24.4 Å². The van der Waals surface area contributed by atoms with Gasteiger partial charge in [-0.15, -0.1) is 0 Å². The zero-order valence-electron chi connectivity index (χ0n) is 23.9. The van der Waals surface area contributed by atoms with E-state index in [0.717, 1.165) is 69.5 Å². The van der Waals surface area contributed by atoms with E-state index in [1.165, 1.54) is 0 Å². The van der Waals surface area contributed by atoms with Gasteiger partial charge in [0.1, 0.15) is 5.75 Å². The van der Waals surface area contributed by atoms with Crippen LogP contribution in [0.25, 0.3) is 11.2 Å². The van der Waals surface area contributed by atoms with Gasteiger partial charge in [0.25, 0.3) is 6.01 Å². The number of imidazole rings is 1. The zero-order chi connectivity index (χ0) is 28.3. The van der Waals surface area contributed by atoms with Gasteiger partial charge < -0.3 is 29.6 Å². The van der Waals surface area contributed by atoms with Gasteiger partial charge in [-0.25, -0.2) is 0 Å². The number of rotatable bonds is 15. The van der Waals surface area contributed by atoms with Gasteiger partial charge in [0, 0.05) is 0 Å². The van der Waals surface area contributed by atoms with Crippen molar-refractivity contribution in [2.24, 2.45) is 5.92 Å². The van der Waals surface area contributed by atoms with E-state index in [1.807, 2.05) is 35.8 Å². The lowest BCUT2D eigenvalue weighted by molar-refractivity contribution is -0.149. The fourth-order valence-electron chi connectivity index (χ4n) is 4.81. The zero-order valence-corrected chi connectivity index (χ0v) is 23.9. The van der Waals surface area contributed by atoms with Gasteiger partial charge in [-0.05, 0) is 76.4 Å². The molecule has 1 saturated heterocycles. The number of hydrogen-bond acceptors (Lipinski definition) is 10. The summed E-state index contributed by atoms with van der Waals surface area (Å²) in [5.41, 5.74) is 8.25. The number of carbonyl (C=O) groups excluding carboxylic acids is 1. The molecular weight excluding hydrogens is 512 g/mol. The lowest BCUT2D eigenvalue weighted by atomic mass is 9.97. The Morgan fingerprint density at radius 2 is 1.75 bits per heavy atom. The van der Waals surface area contributed by atoms with E-state index in [0.29, 0.717) is 43.5 Å². The third-order valence-corrected chi connectivity index (χ3v) is 7.09. The third-order valence-electron chi connectivity index (χ3n) is 7.09. The molecule has 1 aliphatic rings. The van der Waals surface area contributed by atoms with Crippen molar-refractivity contribution in [3.05, 3.63) is 29.8 Å². The van der Waals surface area contributed by atoms with Crippen LogP contribution in [-0.2, 0) is 16.1 Å². The summed E-state index contributed by atoms with van der Waals surface area (Å²) in [5, 5.41) is 0. The van der Waals surface area contributed by atoms with Crippen molar-refractivity contribution < 1.29 is 23.7 Å². The molecule has 2 aromatic heterocycles. The number of piperidine rings is 1. The van der Waals surface area contributed by atoms with Gasteiger partial charge in [0.05, 0.1) is 39.4 Å². The highest BCUT2D eigenvalue weighted by molar-refractivity contribution is 5.83. The molecule has 4 rings (SSSR count). The fourth-order valence-corrected chi connectivity index (χ4v) is 4.81. The first-order valence-corrected chi connectivity index (χ1v) is 14.3. The van der Waals surface area contributed by atoms with Crippen LogP contribution in [0.5, 0.6) is 17.8 Å². The van der Waals surface area contributed by atoms with Gasteiger partial charge in [-0.2, -0.15) is 15.0 Å². The van der Waals surface area contributed by atoms with Crippen molar-refractivity contribution in [1.29, 1.82) is 0 Å². The normalized spacial score (nSPS) is 14.4. The average molecular weight is 555 g/mol. The predicted octanol–water partition coefficient (Wildman–Crippen LogP) is 4.08. The van der Waals surface area contributed by atoms with E-state index < -0.39 is 0 Å². The number of esters is 1. The molecule has 218 valence electrons. The predicted molar refractivity (Wildman–Crippen MR) is 153 cm³/mol.